The Morgan fingerprint density at radius 1 is 1.00 bits per heavy atom. The summed E-state index contributed by atoms with van der Waals surface area (Å²) in [6.45, 7) is 0. The molecule has 2 N–H and O–H groups in total. The summed E-state index contributed by atoms with van der Waals surface area (Å²) in [4.78, 5) is 0. The zero-order valence-electron chi connectivity index (χ0n) is 11.9. The first kappa shape index (κ1) is 16.1. The molecule has 0 aliphatic carbocycles. The highest BCUT2D eigenvalue weighted by Crippen LogP contribution is 2.36. The zero-order chi connectivity index (χ0) is 17.2. The molecule has 0 radical (unpaired) electrons. The molecule has 3 rings (SSSR count). The SMILES string of the molecule is FC(F)(F)c1cc(NNc2cccc(-n3cnnn3)c2)ccc1Cl. The maximum Gasteiger partial charge on any atom is 0.417 e. The minimum Gasteiger partial charge on any atom is -0.301 e. The van der Waals surface area contributed by atoms with E-state index in [-0.39, 0.29) is 10.7 Å². The third-order valence-corrected chi connectivity index (χ3v) is 3.41. The molecule has 24 heavy (non-hydrogen) atoms. The Bertz CT molecular complexity index is 835. The minimum absolute atomic E-state index is 0.222. The molecule has 0 aliphatic heterocycles. The lowest BCUT2D eigenvalue weighted by atomic mass is 10.2. The van der Waals surface area contributed by atoms with Crippen molar-refractivity contribution < 1.29 is 13.2 Å². The van der Waals surface area contributed by atoms with Gasteiger partial charge in [0, 0.05) is 0 Å². The quantitative estimate of drug-likeness (QED) is 0.698. The Kier molecular flexibility index (Phi) is 4.26. The van der Waals surface area contributed by atoms with E-state index in [0.29, 0.717) is 11.4 Å². The van der Waals surface area contributed by atoms with Crippen molar-refractivity contribution in [3.63, 3.8) is 0 Å². The van der Waals surface area contributed by atoms with Crippen LogP contribution in [0.2, 0.25) is 5.02 Å². The molecule has 10 heteroatoms. The van der Waals surface area contributed by atoms with Crippen LogP contribution in [0, 0.1) is 0 Å². The van der Waals surface area contributed by atoms with Gasteiger partial charge in [-0.1, -0.05) is 17.7 Å². The largest absolute Gasteiger partial charge is 0.417 e. The van der Waals surface area contributed by atoms with E-state index in [0.717, 1.165) is 6.07 Å². The van der Waals surface area contributed by atoms with Crippen molar-refractivity contribution >= 4 is 23.0 Å². The molecule has 0 fully saturated rings. The number of nitrogens with one attached hydrogen (secondary N) is 2. The highest BCUT2D eigenvalue weighted by Gasteiger charge is 2.33. The number of halogens is 4. The van der Waals surface area contributed by atoms with E-state index >= 15 is 0 Å². The van der Waals surface area contributed by atoms with Crippen molar-refractivity contribution in [3.05, 3.63) is 59.4 Å². The van der Waals surface area contributed by atoms with Crippen molar-refractivity contribution in [1.82, 2.24) is 20.2 Å². The summed E-state index contributed by atoms with van der Waals surface area (Å²) in [5.41, 5.74) is 6.15. The molecule has 0 unspecified atom stereocenters. The van der Waals surface area contributed by atoms with Gasteiger partial charge < -0.3 is 10.9 Å². The van der Waals surface area contributed by atoms with Gasteiger partial charge in [-0.25, -0.2) is 4.68 Å². The van der Waals surface area contributed by atoms with Crippen molar-refractivity contribution in [1.29, 1.82) is 0 Å². The Morgan fingerprint density at radius 3 is 2.42 bits per heavy atom. The lowest BCUT2D eigenvalue weighted by molar-refractivity contribution is -0.137. The van der Waals surface area contributed by atoms with Crippen molar-refractivity contribution in [2.45, 2.75) is 6.18 Å². The minimum atomic E-state index is -4.52. The fourth-order valence-corrected chi connectivity index (χ4v) is 2.20. The highest BCUT2D eigenvalue weighted by molar-refractivity contribution is 6.31. The maximum absolute atomic E-state index is 12.8. The van der Waals surface area contributed by atoms with Crippen LogP contribution in [-0.2, 0) is 6.18 Å². The summed E-state index contributed by atoms with van der Waals surface area (Å²) >= 11 is 5.59. The molecule has 3 aromatic rings. The molecule has 0 saturated carbocycles. The molecular weight excluding hydrogens is 345 g/mol. The van der Waals surface area contributed by atoms with Crippen LogP contribution in [0.1, 0.15) is 5.56 Å². The van der Waals surface area contributed by atoms with Crippen LogP contribution in [-0.4, -0.2) is 20.2 Å². The Hall–Kier alpha value is -2.81. The second kappa shape index (κ2) is 6.36. The summed E-state index contributed by atoms with van der Waals surface area (Å²) in [7, 11) is 0. The summed E-state index contributed by atoms with van der Waals surface area (Å²) in [5, 5.41) is 10.5. The molecule has 0 saturated heterocycles. The van der Waals surface area contributed by atoms with Gasteiger partial charge in [-0.2, -0.15) is 13.2 Å². The smallest absolute Gasteiger partial charge is 0.301 e. The number of tetrazole rings is 1. The molecule has 2 aromatic carbocycles. The second-order valence-corrected chi connectivity index (χ2v) is 5.15. The lowest BCUT2D eigenvalue weighted by Crippen LogP contribution is -2.11. The van der Waals surface area contributed by atoms with Gasteiger partial charge in [-0.05, 0) is 46.8 Å². The Labute approximate surface area is 139 Å². The second-order valence-electron chi connectivity index (χ2n) is 4.75. The third kappa shape index (κ3) is 3.57. The molecule has 0 spiro atoms. The molecular formula is C14H10ClF3N6. The third-order valence-electron chi connectivity index (χ3n) is 3.08. The highest BCUT2D eigenvalue weighted by atomic mass is 35.5. The maximum atomic E-state index is 12.8. The average molecular weight is 355 g/mol. The van der Waals surface area contributed by atoms with Crippen molar-refractivity contribution in [3.8, 4) is 5.69 Å². The van der Waals surface area contributed by atoms with Gasteiger partial charge in [0.2, 0.25) is 0 Å². The molecule has 6 nitrogen and oxygen atoms in total. The number of alkyl halides is 3. The van der Waals surface area contributed by atoms with Gasteiger partial charge in [0.15, 0.2) is 0 Å². The molecule has 0 amide bonds. The first-order valence-electron chi connectivity index (χ1n) is 6.66. The number of benzene rings is 2. The Balaban J connectivity index is 1.76. The van der Waals surface area contributed by atoms with Crippen molar-refractivity contribution in [2.75, 3.05) is 10.9 Å². The molecule has 1 aromatic heterocycles. The number of nitrogens with zero attached hydrogens (tertiary/aromatic N) is 4. The monoisotopic (exact) mass is 354 g/mol. The van der Waals surface area contributed by atoms with E-state index < -0.39 is 11.7 Å². The van der Waals surface area contributed by atoms with Crippen LogP contribution in [0.4, 0.5) is 24.5 Å². The standard InChI is InChI=1S/C14H10ClF3N6/c15-13-5-4-10(7-12(13)14(16,17)18)21-20-9-2-1-3-11(6-9)24-8-19-22-23-24/h1-8,20-21H. The van der Waals surface area contributed by atoms with Gasteiger partial charge in [0.25, 0.3) is 0 Å². The number of hydrogen-bond donors (Lipinski definition) is 2. The predicted octanol–water partition coefficient (Wildman–Crippen LogP) is 3.77. The van der Waals surface area contributed by atoms with E-state index in [1.165, 1.54) is 23.1 Å². The predicted molar refractivity (Wildman–Crippen MR) is 82.9 cm³/mol. The van der Waals surface area contributed by atoms with E-state index in [1.807, 2.05) is 0 Å². The van der Waals surface area contributed by atoms with Crippen LogP contribution < -0.4 is 10.9 Å². The van der Waals surface area contributed by atoms with Gasteiger partial charge in [-0.15, -0.1) is 5.10 Å². The first-order valence-corrected chi connectivity index (χ1v) is 7.03. The fourth-order valence-electron chi connectivity index (χ4n) is 1.97. The number of anilines is 2. The van der Waals surface area contributed by atoms with E-state index in [4.69, 9.17) is 11.6 Å². The average Bonchev–Trinajstić information content (AvgIpc) is 3.08. The molecule has 0 aliphatic rings. The lowest BCUT2D eigenvalue weighted by Gasteiger charge is -2.14. The van der Waals surface area contributed by atoms with Crippen molar-refractivity contribution in [2.24, 2.45) is 0 Å². The number of aromatic nitrogens is 4. The number of rotatable bonds is 4. The topological polar surface area (TPSA) is 67.7 Å². The number of hydrogen-bond acceptors (Lipinski definition) is 5. The number of hydrazine groups is 1. The van der Waals surface area contributed by atoms with Gasteiger partial charge in [0.05, 0.1) is 27.6 Å². The van der Waals surface area contributed by atoms with E-state index in [2.05, 4.69) is 26.4 Å². The van der Waals surface area contributed by atoms with Crippen LogP contribution in [0.25, 0.3) is 5.69 Å². The normalized spacial score (nSPS) is 11.3. The van der Waals surface area contributed by atoms with E-state index in [9.17, 15) is 13.2 Å². The van der Waals surface area contributed by atoms with Gasteiger partial charge in [0.1, 0.15) is 6.33 Å². The van der Waals surface area contributed by atoms with E-state index in [1.54, 1.807) is 24.3 Å². The summed E-state index contributed by atoms with van der Waals surface area (Å²) in [6, 6.07) is 10.6. The zero-order valence-corrected chi connectivity index (χ0v) is 12.7. The van der Waals surface area contributed by atoms with Crippen LogP contribution >= 0.6 is 11.6 Å². The van der Waals surface area contributed by atoms with Gasteiger partial charge in [-0.3, -0.25) is 0 Å². The molecule has 124 valence electrons. The van der Waals surface area contributed by atoms with Gasteiger partial charge >= 0.3 is 6.18 Å². The molecule has 1 heterocycles. The fraction of sp³-hybridized carbons (Fsp3) is 0.0714. The van der Waals surface area contributed by atoms with Crippen LogP contribution in [0.3, 0.4) is 0 Å². The summed E-state index contributed by atoms with van der Waals surface area (Å²) in [5.74, 6) is 0. The summed E-state index contributed by atoms with van der Waals surface area (Å²) in [6.07, 6.45) is -3.09. The van der Waals surface area contributed by atoms with Crippen LogP contribution in [0.5, 0.6) is 0 Å². The molecule has 0 atom stereocenters. The van der Waals surface area contributed by atoms with Crippen LogP contribution in [0.15, 0.2) is 48.8 Å². The molecule has 0 bridgehead atoms. The Morgan fingerprint density at radius 2 is 1.75 bits per heavy atom. The summed E-state index contributed by atoms with van der Waals surface area (Å²) < 4.78 is 40.0. The first-order chi connectivity index (χ1) is 11.4.